The van der Waals surface area contributed by atoms with E-state index in [1.165, 1.54) is 12.1 Å². The van der Waals surface area contributed by atoms with E-state index in [0.717, 1.165) is 22.4 Å². The first-order valence-electron chi connectivity index (χ1n) is 8.33. The Morgan fingerprint density at radius 2 is 1.88 bits per heavy atom. The second-order valence-corrected chi connectivity index (χ2v) is 6.27. The van der Waals surface area contributed by atoms with Crippen molar-refractivity contribution >= 4 is 11.9 Å². The smallest absolute Gasteiger partial charge is 0.335 e. The Kier molecular flexibility index (Phi) is 4.01. The van der Waals surface area contributed by atoms with Gasteiger partial charge in [0.1, 0.15) is 0 Å². The Hall–Kier alpha value is -3.41. The monoisotopic (exact) mass is 347 g/mol. The first-order valence-corrected chi connectivity index (χ1v) is 8.33. The second-order valence-electron chi connectivity index (χ2n) is 6.27. The molecule has 1 aliphatic rings. The summed E-state index contributed by atoms with van der Waals surface area (Å²) >= 11 is 0. The van der Waals surface area contributed by atoms with Gasteiger partial charge in [0.2, 0.25) is 5.91 Å². The molecule has 1 atom stereocenters. The van der Waals surface area contributed by atoms with Gasteiger partial charge in [-0.2, -0.15) is 0 Å². The Morgan fingerprint density at radius 3 is 2.65 bits per heavy atom. The number of carboxylic acid groups (broad SMARTS) is 1. The van der Waals surface area contributed by atoms with E-state index in [-0.39, 0.29) is 17.5 Å². The Labute approximate surface area is 150 Å². The predicted octanol–water partition coefficient (Wildman–Crippen LogP) is 2.86. The van der Waals surface area contributed by atoms with Crippen LogP contribution in [-0.2, 0) is 11.3 Å². The molecule has 0 saturated heterocycles. The zero-order valence-corrected chi connectivity index (χ0v) is 13.9. The van der Waals surface area contributed by atoms with Crippen LogP contribution in [0.5, 0.6) is 0 Å². The van der Waals surface area contributed by atoms with Crippen molar-refractivity contribution in [1.29, 1.82) is 0 Å². The molecule has 2 N–H and O–H groups in total. The van der Waals surface area contributed by atoms with Crippen molar-refractivity contribution in [1.82, 2.24) is 14.9 Å². The topological polar surface area (TPSA) is 84.2 Å². The number of hydrogen-bond donors (Lipinski definition) is 2. The van der Waals surface area contributed by atoms with Crippen molar-refractivity contribution in [3.63, 3.8) is 0 Å². The van der Waals surface area contributed by atoms with Crippen molar-refractivity contribution in [2.45, 2.75) is 19.0 Å². The highest BCUT2D eigenvalue weighted by Crippen LogP contribution is 2.40. The summed E-state index contributed by atoms with van der Waals surface area (Å²) in [7, 11) is 0. The molecule has 0 radical (unpaired) electrons. The number of nitrogens with zero attached hydrogens (tertiary/aromatic N) is 2. The molecule has 4 rings (SSSR count). The molecule has 0 fully saturated rings. The summed E-state index contributed by atoms with van der Waals surface area (Å²) < 4.78 is 2.03. The number of hydrogen-bond acceptors (Lipinski definition) is 3. The molecule has 0 saturated carbocycles. The van der Waals surface area contributed by atoms with Crippen molar-refractivity contribution in [2.24, 2.45) is 0 Å². The molecule has 26 heavy (non-hydrogen) atoms. The number of aromatic carboxylic acids is 1. The Bertz CT molecular complexity index is 976. The molecule has 1 aliphatic heterocycles. The van der Waals surface area contributed by atoms with Crippen LogP contribution in [0.25, 0.3) is 11.3 Å². The third-order valence-electron chi connectivity index (χ3n) is 4.67. The molecule has 1 unspecified atom stereocenters. The number of benzene rings is 2. The second kappa shape index (κ2) is 6.48. The zero-order chi connectivity index (χ0) is 18.1. The molecule has 0 spiro atoms. The van der Waals surface area contributed by atoms with Crippen LogP contribution >= 0.6 is 0 Å². The van der Waals surface area contributed by atoms with Gasteiger partial charge in [0.05, 0.1) is 36.2 Å². The number of nitrogens with one attached hydrogen (secondary N) is 1. The van der Waals surface area contributed by atoms with Gasteiger partial charge >= 0.3 is 5.97 Å². The van der Waals surface area contributed by atoms with Gasteiger partial charge in [0.15, 0.2) is 0 Å². The number of carboxylic acids is 1. The highest BCUT2D eigenvalue weighted by molar-refractivity contribution is 5.87. The van der Waals surface area contributed by atoms with Crippen LogP contribution in [0.1, 0.15) is 33.9 Å². The third kappa shape index (κ3) is 2.86. The summed E-state index contributed by atoms with van der Waals surface area (Å²) in [4.78, 5) is 27.5. The molecular weight excluding hydrogens is 330 g/mol. The Morgan fingerprint density at radius 1 is 1.12 bits per heavy atom. The Balaban J connectivity index is 1.43. The van der Waals surface area contributed by atoms with Gasteiger partial charge in [-0.05, 0) is 23.3 Å². The molecule has 0 bridgehead atoms. The number of rotatable bonds is 5. The summed E-state index contributed by atoms with van der Waals surface area (Å²) in [6.07, 6.45) is 3.91. The minimum atomic E-state index is -0.961. The van der Waals surface area contributed by atoms with Crippen LogP contribution < -0.4 is 5.32 Å². The lowest BCUT2D eigenvalue weighted by atomic mass is 10.0. The lowest BCUT2D eigenvalue weighted by Gasteiger charge is -2.14. The van der Waals surface area contributed by atoms with Crippen molar-refractivity contribution < 1.29 is 14.7 Å². The molecular formula is C20H17N3O3. The van der Waals surface area contributed by atoms with Crippen molar-refractivity contribution in [3.05, 3.63) is 77.7 Å². The van der Waals surface area contributed by atoms with Gasteiger partial charge in [-0.15, -0.1) is 0 Å². The fourth-order valence-corrected chi connectivity index (χ4v) is 3.35. The average molecular weight is 347 g/mol. The molecule has 1 amide bonds. The van der Waals surface area contributed by atoms with Crippen LogP contribution in [0, 0.1) is 0 Å². The van der Waals surface area contributed by atoms with Crippen molar-refractivity contribution in [3.8, 4) is 11.3 Å². The van der Waals surface area contributed by atoms with Crippen LogP contribution in [0.3, 0.4) is 0 Å². The van der Waals surface area contributed by atoms with Gasteiger partial charge in [0, 0.05) is 12.1 Å². The number of fused-ring (bicyclic) bond motifs is 3. The molecule has 3 aromatic rings. The maximum Gasteiger partial charge on any atom is 0.335 e. The maximum atomic E-state index is 12.5. The predicted molar refractivity (Wildman–Crippen MR) is 95.7 cm³/mol. The minimum absolute atomic E-state index is 0.0573. The molecule has 6 heteroatoms. The first kappa shape index (κ1) is 16.1. The maximum absolute atomic E-state index is 12.5. The SMILES string of the molecule is O=C(CC1c2ccccc2-c2cncn21)NCc1ccc(C(=O)O)cc1. The van der Waals surface area contributed by atoms with E-state index in [2.05, 4.69) is 10.3 Å². The fraction of sp³-hybridized carbons (Fsp3) is 0.150. The molecule has 6 nitrogen and oxygen atoms in total. The summed E-state index contributed by atoms with van der Waals surface area (Å²) in [5, 5.41) is 11.8. The highest BCUT2D eigenvalue weighted by Gasteiger charge is 2.29. The van der Waals surface area contributed by atoms with Crippen LogP contribution in [0.15, 0.2) is 61.1 Å². The van der Waals surface area contributed by atoms with Gasteiger partial charge in [-0.3, -0.25) is 4.79 Å². The first-order chi connectivity index (χ1) is 12.6. The van der Waals surface area contributed by atoms with E-state index in [1.54, 1.807) is 18.5 Å². The van der Waals surface area contributed by atoms with E-state index in [1.807, 2.05) is 35.0 Å². The van der Waals surface area contributed by atoms with E-state index in [0.29, 0.717) is 13.0 Å². The molecule has 1 aromatic heterocycles. The quantitative estimate of drug-likeness (QED) is 0.743. The summed E-state index contributed by atoms with van der Waals surface area (Å²) in [6, 6.07) is 14.5. The summed E-state index contributed by atoms with van der Waals surface area (Å²) in [5.41, 5.74) is 4.37. The number of imidazole rings is 1. The van der Waals surface area contributed by atoms with Gasteiger partial charge in [-0.1, -0.05) is 36.4 Å². The van der Waals surface area contributed by atoms with Crippen LogP contribution in [0.2, 0.25) is 0 Å². The standard InChI is InChI=1S/C20H17N3O3/c24-19(22-10-13-5-7-14(8-6-13)20(25)26)9-17-15-3-1-2-4-16(15)18-11-21-12-23(17)18/h1-8,11-12,17H,9-10H2,(H,22,24)(H,25,26). The van der Waals surface area contributed by atoms with E-state index in [4.69, 9.17) is 5.11 Å². The number of carbonyl (C=O) groups is 2. The number of carbonyl (C=O) groups excluding carboxylic acids is 1. The van der Waals surface area contributed by atoms with Crippen LogP contribution in [-0.4, -0.2) is 26.5 Å². The largest absolute Gasteiger partial charge is 0.478 e. The van der Waals surface area contributed by atoms with Crippen molar-refractivity contribution in [2.75, 3.05) is 0 Å². The van der Waals surface area contributed by atoms with E-state index >= 15 is 0 Å². The molecule has 0 aliphatic carbocycles. The summed E-state index contributed by atoms with van der Waals surface area (Å²) in [6.45, 7) is 0.365. The van der Waals surface area contributed by atoms with E-state index < -0.39 is 5.97 Å². The highest BCUT2D eigenvalue weighted by atomic mass is 16.4. The third-order valence-corrected chi connectivity index (χ3v) is 4.67. The van der Waals surface area contributed by atoms with Gasteiger partial charge in [-0.25, -0.2) is 9.78 Å². The molecule has 2 heterocycles. The molecule has 130 valence electrons. The van der Waals surface area contributed by atoms with Crippen LogP contribution in [0.4, 0.5) is 0 Å². The van der Waals surface area contributed by atoms with E-state index in [9.17, 15) is 9.59 Å². The molecule has 2 aromatic carbocycles. The summed E-state index contributed by atoms with van der Waals surface area (Å²) in [5.74, 6) is -1.02. The lowest BCUT2D eigenvalue weighted by molar-refractivity contribution is -0.121. The minimum Gasteiger partial charge on any atom is -0.478 e. The lowest BCUT2D eigenvalue weighted by Crippen LogP contribution is -2.25. The van der Waals surface area contributed by atoms with Gasteiger partial charge < -0.3 is 15.0 Å². The normalized spacial score (nSPS) is 14.5. The fourth-order valence-electron chi connectivity index (χ4n) is 3.35. The average Bonchev–Trinajstić information content (AvgIpc) is 3.23. The number of aromatic nitrogens is 2. The number of amides is 1. The van der Waals surface area contributed by atoms with Gasteiger partial charge in [0.25, 0.3) is 0 Å². The zero-order valence-electron chi connectivity index (χ0n) is 13.9.